The average Bonchev–Trinajstić information content (AvgIpc) is 2.99. The normalized spacial score (nSPS) is 19.9. The van der Waals surface area contributed by atoms with Crippen molar-refractivity contribution in [2.24, 2.45) is 11.8 Å². The minimum Gasteiger partial charge on any atom is -0.465 e. The highest BCUT2D eigenvalue weighted by Crippen LogP contribution is 2.29. The molecule has 1 saturated carbocycles. The van der Waals surface area contributed by atoms with Gasteiger partial charge in [0.2, 0.25) is 0 Å². The number of benzene rings is 1. The Balaban J connectivity index is 1.93. The number of methoxy groups -OCH3 is 1. The number of carbonyl (C=O) groups is 1. The third-order valence-corrected chi connectivity index (χ3v) is 3.65. The predicted octanol–water partition coefficient (Wildman–Crippen LogP) is 2.24. The Morgan fingerprint density at radius 2 is 2.05 bits per heavy atom. The first-order valence-corrected chi connectivity index (χ1v) is 7.03. The molecule has 0 heterocycles. The Morgan fingerprint density at radius 3 is 2.67 bits per heavy atom. The van der Waals surface area contributed by atoms with Crippen molar-refractivity contribution in [1.29, 1.82) is 0 Å². The third-order valence-electron chi connectivity index (χ3n) is 3.65. The minimum absolute atomic E-state index is 0.260. The molecule has 0 aliphatic heterocycles. The zero-order valence-corrected chi connectivity index (χ0v) is 12.1. The van der Waals surface area contributed by atoms with Crippen LogP contribution in [0.25, 0.3) is 0 Å². The van der Waals surface area contributed by atoms with Crippen molar-refractivity contribution in [3.05, 3.63) is 35.4 Å². The third kappa shape index (κ3) is 4.38. The van der Waals surface area contributed by atoms with Gasteiger partial charge < -0.3 is 9.84 Å². The molecule has 1 aromatic carbocycles. The van der Waals surface area contributed by atoms with Crippen molar-refractivity contribution < 1.29 is 14.6 Å². The van der Waals surface area contributed by atoms with E-state index in [-0.39, 0.29) is 12.6 Å². The van der Waals surface area contributed by atoms with Crippen LogP contribution in [0.1, 0.15) is 35.2 Å². The SMILES string of the molecule is COC(=O)c1ccc(C#CC#CC2CCC(CO)C2)cc1. The zero-order valence-electron chi connectivity index (χ0n) is 12.1. The van der Waals surface area contributed by atoms with Crippen LogP contribution in [-0.4, -0.2) is 24.8 Å². The fourth-order valence-corrected chi connectivity index (χ4v) is 2.42. The fourth-order valence-electron chi connectivity index (χ4n) is 2.42. The van der Waals surface area contributed by atoms with Gasteiger partial charge in [0.15, 0.2) is 0 Å². The van der Waals surface area contributed by atoms with Crippen LogP contribution in [0, 0.1) is 35.5 Å². The standard InChI is InChI=1S/C18H18O3/c1-21-18(20)17-10-8-14(9-11-17)4-2-3-5-15-6-7-16(12-15)13-19/h8-11,15-16,19H,6-7,12-13H2,1H3. The molecular weight excluding hydrogens is 264 g/mol. The second-order valence-electron chi connectivity index (χ2n) is 5.15. The number of ether oxygens (including phenoxy) is 1. The quantitative estimate of drug-likeness (QED) is 0.668. The average molecular weight is 282 g/mol. The van der Waals surface area contributed by atoms with Gasteiger partial charge >= 0.3 is 5.97 Å². The van der Waals surface area contributed by atoms with Crippen LogP contribution in [0.3, 0.4) is 0 Å². The van der Waals surface area contributed by atoms with Crippen molar-refractivity contribution in [3.63, 3.8) is 0 Å². The Labute approximate surface area is 125 Å². The van der Waals surface area contributed by atoms with Crippen molar-refractivity contribution in [2.45, 2.75) is 19.3 Å². The van der Waals surface area contributed by atoms with Crippen molar-refractivity contribution >= 4 is 5.97 Å². The van der Waals surface area contributed by atoms with Crippen LogP contribution in [0.4, 0.5) is 0 Å². The summed E-state index contributed by atoms with van der Waals surface area (Å²) in [5, 5.41) is 9.07. The summed E-state index contributed by atoms with van der Waals surface area (Å²) < 4.78 is 4.63. The molecule has 1 N–H and O–H groups in total. The van der Waals surface area contributed by atoms with Crippen molar-refractivity contribution in [2.75, 3.05) is 13.7 Å². The molecule has 0 saturated heterocycles. The highest BCUT2D eigenvalue weighted by atomic mass is 16.5. The van der Waals surface area contributed by atoms with Crippen LogP contribution in [0.2, 0.25) is 0 Å². The Kier molecular flexibility index (Phi) is 5.43. The van der Waals surface area contributed by atoms with Crippen LogP contribution in [0.15, 0.2) is 24.3 Å². The zero-order chi connectivity index (χ0) is 15.1. The second kappa shape index (κ2) is 7.53. The molecule has 0 radical (unpaired) electrons. The van der Waals surface area contributed by atoms with Gasteiger partial charge in [-0.2, -0.15) is 0 Å². The van der Waals surface area contributed by atoms with Gasteiger partial charge in [0, 0.05) is 18.1 Å². The first-order chi connectivity index (χ1) is 10.2. The smallest absolute Gasteiger partial charge is 0.337 e. The maximum absolute atomic E-state index is 11.3. The molecule has 1 aliphatic carbocycles. The number of carbonyl (C=O) groups excluding carboxylic acids is 1. The van der Waals surface area contributed by atoms with Gasteiger partial charge in [0.05, 0.1) is 12.7 Å². The summed E-state index contributed by atoms with van der Waals surface area (Å²) in [6, 6.07) is 6.93. The summed E-state index contributed by atoms with van der Waals surface area (Å²) in [7, 11) is 1.36. The van der Waals surface area contributed by atoms with E-state index in [4.69, 9.17) is 5.11 Å². The largest absolute Gasteiger partial charge is 0.465 e. The molecule has 2 rings (SSSR count). The molecule has 3 heteroatoms. The molecule has 108 valence electrons. The molecule has 2 atom stereocenters. The van der Waals surface area contributed by atoms with Gasteiger partial charge in [-0.1, -0.05) is 11.8 Å². The number of aliphatic hydroxyl groups excluding tert-OH is 1. The van der Waals surface area contributed by atoms with Gasteiger partial charge in [-0.05, 0) is 61.3 Å². The summed E-state index contributed by atoms with van der Waals surface area (Å²) in [6.07, 6.45) is 3.07. The fraction of sp³-hybridized carbons (Fsp3) is 0.389. The van der Waals surface area contributed by atoms with E-state index in [9.17, 15) is 4.79 Å². The number of rotatable bonds is 2. The number of hydrogen-bond donors (Lipinski definition) is 1. The van der Waals surface area contributed by atoms with Crippen molar-refractivity contribution in [1.82, 2.24) is 0 Å². The van der Waals surface area contributed by atoms with E-state index in [0.29, 0.717) is 17.4 Å². The Bertz CT molecular complexity index is 608. The summed E-state index contributed by atoms with van der Waals surface area (Å²) in [6.45, 7) is 0.260. The molecule has 1 fully saturated rings. The summed E-state index contributed by atoms with van der Waals surface area (Å²) >= 11 is 0. The minimum atomic E-state index is -0.353. The molecule has 0 aromatic heterocycles. The maximum atomic E-state index is 11.3. The number of aliphatic hydroxyl groups is 1. The summed E-state index contributed by atoms with van der Waals surface area (Å²) in [5.41, 5.74) is 1.33. The molecule has 3 nitrogen and oxygen atoms in total. The van der Waals surface area contributed by atoms with E-state index in [1.165, 1.54) is 7.11 Å². The Hall–Kier alpha value is -2.23. The first kappa shape index (κ1) is 15.2. The monoisotopic (exact) mass is 282 g/mol. The lowest BCUT2D eigenvalue weighted by molar-refractivity contribution is 0.0600. The van der Waals surface area contributed by atoms with Crippen LogP contribution >= 0.6 is 0 Å². The summed E-state index contributed by atoms with van der Waals surface area (Å²) in [5.74, 6) is 12.2. The highest BCUT2D eigenvalue weighted by Gasteiger charge is 2.22. The van der Waals surface area contributed by atoms with Crippen LogP contribution < -0.4 is 0 Å². The molecule has 0 amide bonds. The van der Waals surface area contributed by atoms with Gasteiger partial charge in [-0.15, -0.1) is 0 Å². The topological polar surface area (TPSA) is 46.5 Å². The lowest BCUT2D eigenvalue weighted by Gasteiger charge is -2.01. The van der Waals surface area contributed by atoms with Crippen molar-refractivity contribution in [3.8, 4) is 23.7 Å². The molecular formula is C18H18O3. The van der Waals surface area contributed by atoms with Gasteiger partial charge in [-0.25, -0.2) is 4.79 Å². The Morgan fingerprint density at radius 1 is 1.29 bits per heavy atom. The van der Waals surface area contributed by atoms with Crippen LogP contribution in [-0.2, 0) is 4.74 Å². The van der Waals surface area contributed by atoms with E-state index in [1.807, 2.05) is 0 Å². The molecule has 0 bridgehead atoms. The van der Waals surface area contributed by atoms with E-state index < -0.39 is 0 Å². The lowest BCUT2D eigenvalue weighted by atomic mass is 10.1. The van der Waals surface area contributed by atoms with E-state index >= 15 is 0 Å². The molecule has 1 aliphatic rings. The van der Waals surface area contributed by atoms with E-state index in [0.717, 1.165) is 24.8 Å². The van der Waals surface area contributed by atoms with E-state index in [2.05, 4.69) is 28.4 Å². The first-order valence-electron chi connectivity index (χ1n) is 7.03. The molecule has 0 spiro atoms. The predicted molar refractivity (Wildman–Crippen MR) is 80.4 cm³/mol. The van der Waals surface area contributed by atoms with Gasteiger partial charge in [-0.3, -0.25) is 0 Å². The van der Waals surface area contributed by atoms with Crippen LogP contribution in [0.5, 0.6) is 0 Å². The highest BCUT2D eigenvalue weighted by molar-refractivity contribution is 5.89. The number of esters is 1. The molecule has 21 heavy (non-hydrogen) atoms. The number of hydrogen-bond acceptors (Lipinski definition) is 3. The van der Waals surface area contributed by atoms with Gasteiger partial charge in [0.1, 0.15) is 0 Å². The molecule has 2 unspecified atom stereocenters. The van der Waals surface area contributed by atoms with E-state index in [1.54, 1.807) is 24.3 Å². The second-order valence-corrected chi connectivity index (χ2v) is 5.15. The van der Waals surface area contributed by atoms with Gasteiger partial charge in [0.25, 0.3) is 0 Å². The maximum Gasteiger partial charge on any atom is 0.337 e. The lowest BCUT2D eigenvalue weighted by Crippen LogP contribution is -2.00. The summed E-state index contributed by atoms with van der Waals surface area (Å²) in [4.78, 5) is 11.3. The molecule has 1 aromatic rings.